The molecule has 1 aliphatic rings. The van der Waals surface area contributed by atoms with E-state index >= 15 is 0 Å². The number of rotatable bonds is 8. The van der Waals surface area contributed by atoms with Crippen molar-refractivity contribution in [3.8, 4) is 5.75 Å². The van der Waals surface area contributed by atoms with E-state index in [1.807, 2.05) is 54.6 Å². The Labute approximate surface area is 229 Å². The molecule has 5 nitrogen and oxygen atoms in total. The van der Waals surface area contributed by atoms with Crippen LogP contribution in [0.15, 0.2) is 72.8 Å². The van der Waals surface area contributed by atoms with Gasteiger partial charge in [0, 0.05) is 34.7 Å². The zero-order valence-corrected chi connectivity index (χ0v) is 23.0. The normalized spacial score (nSPS) is 16.9. The SMILES string of the molecule is CC1(C)CC(Nc2ccc(Cc3cc4ccc(C(F)F)cc4cc3OCc3ccccc3)nn2)CC(C)(C)N1. The molecule has 0 saturated carbocycles. The summed E-state index contributed by atoms with van der Waals surface area (Å²) in [5, 5.41) is 17.9. The Morgan fingerprint density at radius 3 is 2.31 bits per heavy atom. The predicted octanol–water partition coefficient (Wildman–Crippen LogP) is 7.46. The first kappa shape index (κ1) is 27.0. The van der Waals surface area contributed by atoms with Crippen LogP contribution in [0.1, 0.15) is 69.3 Å². The number of alkyl halides is 2. The van der Waals surface area contributed by atoms with Crippen LogP contribution in [0.5, 0.6) is 5.75 Å². The van der Waals surface area contributed by atoms with Crippen molar-refractivity contribution >= 4 is 16.6 Å². The molecule has 0 bridgehead atoms. The highest BCUT2D eigenvalue weighted by Gasteiger charge is 2.37. The lowest BCUT2D eigenvalue weighted by atomic mass is 9.79. The van der Waals surface area contributed by atoms with Crippen LogP contribution < -0.4 is 15.4 Å². The van der Waals surface area contributed by atoms with Gasteiger partial charge in [0.15, 0.2) is 0 Å². The van der Waals surface area contributed by atoms with E-state index in [0.29, 0.717) is 24.8 Å². The first-order valence-corrected chi connectivity index (χ1v) is 13.5. The molecule has 4 aromatic rings. The van der Waals surface area contributed by atoms with E-state index in [1.54, 1.807) is 6.07 Å². The Hall–Kier alpha value is -3.58. The molecule has 7 heteroatoms. The molecule has 39 heavy (non-hydrogen) atoms. The second-order valence-electron chi connectivity index (χ2n) is 11.9. The van der Waals surface area contributed by atoms with Gasteiger partial charge in [-0.25, -0.2) is 8.78 Å². The minimum atomic E-state index is -2.52. The van der Waals surface area contributed by atoms with Crippen LogP contribution in [0.3, 0.4) is 0 Å². The van der Waals surface area contributed by atoms with Crippen LogP contribution in [-0.2, 0) is 13.0 Å². The number of ether oxygens (including phenoxy) is 1. The van der Waals surface area contributed by atoms with Gasteiger partial charge in [-0.05, 0) is 87.2 Å². The summed E-state index contributed by atoms with van der Waals surface area (Å²) in [6, 6.07) is 22.7. The molecular weight excluding hydrogens is 494 g/mol. The van der Waals surface area contributed by atoms with Crippen molar-refractivity contribution in [3.05, 3.63) is 95.2 Å². The zero-order chi connectivity index (χ0) is 27.6. The summed E-state index contributed by atoms with van der Waals surface area (Å²) in [6.45, 7) is 9.30. The fourth-order valence-electron chi connectivity index (χ4n) is 5.85. The molecule has 0 spiro atoms. The van der Waals surface area contributed by atoms with E-state index in [0.717, 1.165) is 46.3 Å². The summed E-state index contributed by atoms with van der Waals surface area (Å²) in [4.78, 5) is 0. The van der Waals surface area contributed by atoms with Crippen molar-refractivity contribution in [2.45, 2.75) is 77.1 Å². The van der Waals surface area contributed by atoms with Gasteiger partial charge >= 0.3 is 0 Å². The number of hydrogen-bond acceptors (Lipinski definition) is 5. The first-order valence-electron chi connectivity index (χ1n) is 13.5. The highest BCUT2D eigenvalue weighted by Crippen LogP contribution is 2.32. The molecule has 3 aromatic carbocycles. The zero-order valence-electron chi connectivity index (χ0n) is 23.0. The van der Waals surface area contributed by atoms with Gasteiger partial charge in [0.1, 0.15) is 18.2 Å². The van der Waals surface area contributed by atoms with E-state index < -0.39 is 6.43 Å². The van der Waals surface area contributed by atoms with Crippen molar-refractivity contribution < 1.29 is 13.5 Å². The van der Waals surface area contributed by atoms with E-state index in [9.17, 15) is 8.78 Å². The van der Waals surface area contributed by atoms with Crippen LogP contribution in [-0.4, -0.2) is 27.3 Å². The van der Waals surface area contributed by atoms with Crippen LogP contribution >= 0.6 is 0 Å². The third-order valence-electron chi connectivity index (χ3n) is 7.17. The molecule has 0 amide bonds. The van der Waals surface area contributed by atoms with Gasteiger partial charge in [-0.3, -0.25) is 0 Å². The third kappa shape index (κ3) is 6.90. The van der Waals surface area contributed by atoms with Crippen molar-refractivity contribution in [1.82, 2.24) is 15.5 Å². The van der Waals surface area contributed by atoms with Gasteiger partial charge < -0.3 is 15.4 Å². The average molecular weight is 531 g/mol. The van der Waals surface area contributed by atoms with Crippen LogP contribution in [0.2, 0.25) is 0 Å². The Morgan fingerprint density at radius 2 is 1.64 bits per heavy atom. The maximum atomic E-state index is 13.3. The fraction of sp³-hybridized carbons (Fsp3) is 0.375. The minimum Gasteiger partial charge on any atom is -0.489 e. The highest BCUT2D eigenvalue weighted by atomic mass is 19.3. The largest absolute Gasteiger partial charge is 0.489 e. The van der Waals surface area contributed by atoms with Crippen LogP contribution in [0.4, 0.5) is 14.6 Å². The summed E-state index contributed by atoms with van der Waals surface area (Å²) in [5.41, 5.74) is 2.84. The van der Waals surface area contributed by atoms with Crippen molar-refractivity contribution in [2.75, 3.05) is 5.32 Å². The van der Waals surface area contributed by atoms with E-state index in [-0.39, 0.29) is 16.6 Å². The summed E-state index contributed by atoms with van der Waals surface area (Å²) in [6.07, 6.45) is -0.0251. The van der Waals surface area contributed by atoms with Gasteiger partial charge in [0.2, 0.25) is 0 Å². The lowest BCUT2D eigenvalue weighted by Crippen LogP contribution is -2.60. The maximum absolute atomic E-state index is 13.3. The summed E-state index contributed by atoms with van der Waals surface area (Å²) >= 11 is 0. The minimum absolute atomic E-state index is 0.00117. The number of fused-ring (bicyclic) bond motifs is 1. The topological polar surface area (TPSA) is 59.1 Å². The van der Waals surface area contributed by atoms with E-state index in [4.69, 9.17) is 4.74 Å². The van der Waals surface area contributed by atoms with Crippen molar-refractivity contribution in [2.24, 2.45) is 0 Å². The summed E-state index contributed by atoms with van der Waals surface area (Å²) < 4.78 is 32.9. The number of hydrogen-bond donors (Lipinski definition) is 2. The number of halogens is 2. The number of anilines is 1. The van der Waals surface area contributed by atoms with Crippen molar-refractivity contribution in [3.63, 3.8) is 0 Å². The monoisotopic (exact) mass is 530 g/mol. The summed E-state index contributed by atoms with van der Waals surface area (Å²) in [7, 11) is 0. The highest BCUT2D eigenvalue weighted by molar-refractivity contribution is 5.86. The first-order chi connectivity index (χ1) is 18.6. The van der Waals surface area contributed by atoms with E-state index in [2.05, 4.69) is 48.5 Å². The number of aromatic nitrogens is 2. The molecule has 1 aliphatic heterocycles. The molecule has 0 aliphatic carbocycles. The van der Waals surface area contributed by atoms with E-state index in [1.165, 1.54) is 12.1 Å². The Balaban J connectivity index is 1.36. The smallest absolute Gasteiger partial charge is 0.263 e. The third-order valence-corrected chi connectivity index (χ3v) is 7.17. The number of benzene rings is 3. The van der Waals surface area contributed by atoms with Crippen LogP contribution in [0, 0.1) is 0 Å². The predicted molar refractivity (Wildman–Crippen MR) is 152 cm³/mol. The fourth-order valence-corrected chi connectivity index (χ4v) is 5.85. The molecule has 1 fully saturated rings. The van der Waals surface area contributed by atoms with Gasteiger partial charge in [0.05, 0.1) is 5.69 Å². The van der Waals surface area contributed by atoms with Gasteiger partial charge in [0.25, 0.3) is 6.43 Å². The molecule has 204 valence electrons. The lowest BCUT2D eigenvalue weighted by molar-refractivity contribution is 0.151. The number of piperidine rings is 1. The molecule has 2 N–H and O–H groups in total. The Kier molecular flexibility index (Phi) is 7.54. The Bertz CT molecular complexity index is 1410. The van der Waals surface area contributed by atoms with Gasteiger partial charge in [-0.15, -0.1) is 5.10 Å². The molecule has 0 atom stereocenters. The Morgan fingerprint density at radius 1 is 0.897 bits per heavy atom. The second-order valence-corrected chi connectivity index (χ2v) is 11.9. The second kappa shape index (κ2) is 10.9. The standard InChI is InChI=1S/C32H36F2N4O/c1-31(2)18-27(19-32(3,4)38-31)35-29-13-12-26(36-37-29)16-25-14-22-10-11-23(30(33)34)15-24(22)17-28(25)39-20-21-8-6-5-7-9-21/h5-15,17,27,30,38H,16,18-20H2,1-4H3,(H,35,37). The van der Waals surface area contributed by atoms with Crippen LogP contribution in [0.25, 0.3) is 10.8 Å². The molecule has 5 rings (SSSR count). The van der Waals surface area contributed by atoms with Crippen molar-refractivity contribution in [1.29, 1.82) is 0 Å². The average Bonchev–Trinajstić information content (AvgIpc) is 2.87. The van der Waals surface area contributed by atoms with Gasteiger partial charge in [-0.2, -0.15) is 5.10 Å². The summed E-state index contributed by atoms with van der Waals surface area (Å²) in [5.74, 6) is 1.41. The number of nitrogens with zero attached hydrogens (tertiary/aromatic N) is 2. The molecule has 1 aromatic heterocycles. The molecular formula is C32H36F2N4O. The van der Waals surface area contributed by atoms with Gasteiger partial charge in [-0.1, -0.05) is 42.5 Å². The molecule has 0 radical (unpaired) electrons. The molecule has 2 heterocycles. The number of nitrogens with one attached hydrogen (secondary N) is 2. The molecule has 0 unspecified atom stereocenters. The lowest BCUT2D eigenvalue weighted by Gasteiger charge is -2.46. The quantitative estimate of drug-likeness (QED) is 0.248. The maximum Gasteiger partial charge on any atom is 0.263 e. The molecule has 1 saturated heterocycles.